The molecule has 0 spiro atoms. The first-order valence-electron chi connectivity index (χ1n) is 11.6. The van der Waals surface area contributed by atoms with Gasteiger partial charge in [-0.25, -0.2) is 0 Å². The van der Waals surface area contributed by atoms with Crippen molar-refractivity contribution in [1.82, 2.24) is 9.80 Å². The number of rotatable bonds is 7. The van der Waals surface area contributed by atoms with Gasteiger partial charge in [-0.1, -0.05) is 25.1 Å². The molecule has 33 heavy (non-hydrogen) atoms. The Hall–Kier alpha value is -3.28. The SMILES string of the molecule is COc1ccc(C2=C(N3CCC(C)CC3)C(=O)N(CCOc3cc(C)cc(C)c3)C2=O)cc1. The van der Waals surface area contributed by atoms with Crippen molar-refractivity contribution in [2.45, 2.75) is 33.6 Å². The number of piperidine rings is 1. The quantitative estimate of drug-likeness (QED) is 0.594. The number of methoxy groups -OCH3 is 1. The molecule has 2 aromatic rings. The van der Waals surface area contributed by atoms with E-state index < -0.39 is 0 Å². The summed E-state index contributed by atoms with van der Waals surface area (Å²) in [4.78, 5) is 30.4. The fraction of sp³-hybridized carbons (Fsp3) is 0.407. The second-order valence-corrected chi connectivity index (χ2v) is 9.06. The highest BCUT2D eigenvalue weighted by atomic mass is 16.5. The molecule has 2 aliphatic heterocycles. The van der Waals surface area contributed by atoms with Gasteiger partial charge in [0.15, 0.2) is 0 Å². The molecule has 0 saturated carbocycles. The smallest absolute Gasteiger partial charge is 0.277 e. The van der Waals surface area contributed by atoms with Crippen molar-refractivity contribution in [3.05, 3.63) is 64.9 Å². The number of benzene rings is 2. The molecule has 0 radical (unpaired) electrons. The number of hydrogen-bond acceptors (Lipinski definition) is 5. The molecule has 174 valence electrons. The summed E-state index contributed by atoms with van der Waals surface area (Å²) in [5.74, 6) is 1.59. The molecule has 0 unspecified atom stereocenters. The van der Waals surface area contributed by atoms with Crippen LogP contribution in [0.5, 0.6) is 11.5 Å². The molecule has 2 amide bonds. The zero-order valence-electron chi connectivity index (χ0n) is 19.9. The van der Waals surface area contributed by atoms with E-state index in [0.717, 1.165) is 48.4 Å². The standard InChI is InChI=1S/C27H32N2O4/c1-18-9-11-28(12-10-18)25-24(21-5-7-22(32-4)8-6-21)26(30)29(27(25)31)13-14-33-23-16-19(2)15-20(3)17-23/h5-8,15-18H,9-14H2,1-4H3. The van der Waals surface area contributed by atoms with E-state index in [-0.39, 0.29) is 25.0 Å². The molecule has 2 heterocycles. The first kappa shape index (κ1) is 22.9. The van der Waals surface area contributed by atoms with Crippen LogP contribution in [0.15, 0.2) is 48.2 Å². The number of imide groups is 1. The number of amides is 2. The van der Waals surface area contributed by atoms with Crippen molar-refractivity contribution in [3.8, 4) is 11.5 Å². The first-order chi connectivity index (χ1) is 15.9. The van der Waals surface area contributed by atoms with Crippen LogP contribution in [0.1, 0.15) is 36.5 Å². The monoisotopic (exact) mass is 448 g/mol. The highest BCUT2D eigenvalue weighted by Crippen LogP contribution is 2.34. The molecular formula is C27H32N2O4. The maximum atomic E-state index is 13.5. The number of ether oxygens (including phenoxy) is 2. The van der Waals surface area contributed by atoms with Crippen LogP contribution in [0, 0.1) is 19.8 Å². The molecular weight excluding hydrogens is 416 g/mol. The van der Waals surface area contributed by atoms with Gasteiger partial charge in [0.2, 0.25) is 0 Å². The Balaban J connectivity index is 1.57. The van der Waals surface area contributed by atoms with Crippen molar-refractivity contribution in [3.63, 3.8) is 0 Å². The van der Waals surface area contributed by atoms with E-state index in [1.165, 1.54) is 4.90 Å². The van der Waals surface area contributed by atoms with Crippen LogP contribution in [-0.2, 0) is 9.59 Å². The minimum Gasteiger partial charge on any atom is -0.497 e. The van der Waals surface area contributed by atoms with Crippen molar-refractivity contribution in [1.29, 1.82) is 0 Å². The average Bonchev–Trinajstić information content (AvgIpc) is 3.04. The number of likely N-dealkylation sites (tertiary alicyclic amines) is 1. The Bertz CT molecular complexity index is 1050. The lowest BCUT2D eigenvalue weighted by molar-refractivity contribution is -0.138. The molecule has 2 aromatic carbocycles. The van der Waals surface area contributed by atoms with Gasteiger partial charge in [0, 0.05) is 13.1 Å². The van der Waals surface area contributed by atoms with Crippen molar-refractivity contribution < 1.29 is 19.1 Å². The summed E-state index contributed by atoms with van der Waals surface area (Å²) in [5.41, 5.74) is 3.96. The van der Waals surface area contributed by atoms with E-state index >= 15 is 0 Å². The zero-order chi connectivity index (χ0) is 23.5. The number of nitrogens with zero attached hydrogens (tertiary/aromatic N) is 2. The third-order valence-corrected chi connectivity index (χ3v) is 6.40. The molecule has 0 aliphatic carbocycles. The molecule has 6 heteroatoms. The molecule has 1 fully saturated rings. The normalized spacial score (nSPS) is 17.2. The van der Waals surface area contributed by atoms with Gasteiger partial charge in [0.25, 0.3) is 11.8 Å². The Kier molecular flexibility index (Phi) is 6.72. The van der Waals surface area contributed by atoms with Gasteiger partial charge in [-0.05, 0) is 73.6 Å². The van der Waals surface area contributed by atoms with Gasteiger partial charge in [0.1, 0.15) is 23.8 Å². The van der Waals surface area contributed by atoms with Gasteiger partial charge >= 0.3 is 0 Å². The van der Waals surface area contributed by atoms with Gasteiger partial charge < -0.3 is 14.4 Å². The lowest BCUT2D eigenvalue weighted by Gasteiger charge is -2.32. The van der Waals surface area contributed by atoms with Gasteiger partial charge in [0.05, 0.1) is 19.2 Å². The maximum Gasteiger partial charge on any atom is 0.277 e. The van der Waals surface area contributed by atoms with Crippen LogP contribution < -0.4 is 9.47 Å². The molecule has 1 saturated heterocycles. The maximum absolute atomic E-state index is 13.5. The molecule has 0 atom stereocenters. The summed E-state index contributed by atoms with van der Waals surface area (Å²) < 4.78 is 11.2. The van der Waals surface area contributed by atoms with Crippen molar-refractivity contribution in [2.24, 2.45) is 5.92 Å². The molecule has 0 bridgehead atoms. The molecule has 2 aliphatic rings. The van der Waals surface area contributed by atoms with Crippen LogP contribution in [0.25, 0.3) is 5.57 Å². The van der Waals surface area contributed by atoms with Crippen LogP contribution in [-0.4, -0.2) is 55.0 Å². The topological polar surface area (TPSA) is 59.1 Å². The summed E-state index contributed by atoms with van der Waals surface area (Å²) in [6, 6.07) is 13.3. The molecule has 0 aromatic heterocycles. The fourth-order valence-electron chi connectivity index (χ4n) is 4.58. The third kappa shape index (κ3) is 4.90. The lowest BCUT2D eigenvalue weighted by atomic mass is 9.97. The van der Waals surface area contributed by atoms with E-state index in [1.807, 2.05) is 50.2 Å². The van der Waals surface area contributed by atoms with Crippen molar-refractivity contribution >= 4 is 17.4 Å². The van der Waals surface area contributed by atoms with Gasteiger partial charge in [-0.3, -0.25) is 14.5 Å². The van der Waals surface area contributed by atoms with Crippen LogP contribution in [0.3, 0.4) is 0 Å². The average molecular weight is 449 g/mol. The van der Waals surface area contributed by atoms with E-state index in [9.17, 15) is 9.59 Å². The van der Waals surface area contributed by atoms with Gasteiger partial charge in [-0.15, -0.1) is 0 Å². The number of carbonyl (C=O) groups excluding carboxylic acids is 2. The third-order valence-electron chi connectivity index (χ3n) is 6.40. The van der Waals surface area contributed by atoms with Crippen LogP contribution in [0.4, 0.5) is 0 Å². The predicted octanol–water partition coefficient (Wildman–Crippen LogP) is 4.20. The molecule has 6 nitrogen and oxygen atoms in total. The summed E-state index contributed by atoms with van der Waals surface area (Å²) >= 11 is 0. The lowest BCUT2D eigenvalue weighted by Crippen LogP contribution is -2.39. The van der Waals surface area contributed by atoms with E-state index in [2.05, 4.69) is 17.9 Å². The number of aryl methyl sites for hydroxylation is 2. The Morgan fingerprint density at radius 2 is 1.55 bits per heavy atom. The number of hydrogen-bond donors (Lipinski definition) is 0. The fourth-order valence-corrected chi connectivity index (χ4v) is 4.58. The zero-order valence-corrected chi connectivity index (χ0v) is 19.9. The summed E-state index contributed by atoms with van der Waals surface area (Å²) in [6.07, 6.45) is 2.02. The highest BCUT2D eigenvalue weighted by molar-refractivity contribution is 6.35. The highest BCUT2D eigenvalue weighted by Gasteiger charge is 2.42. The largest absolute Gasteiger partial charge is 0.497 e. The van der Waals surface area contributed by atoms with E-state index in [0.29, 0.717) is 22.9 Å². The summed E-state index contributed by atoms with van der Waals surface area (Å²) in [5, 5.41) is 0. The first-order valence-corrected chi connectivity index (χ1v) is 11.6. The van der Waals surface area contributed by atoms with Crippen LogP contribution >= 0.6 is 0 Å². The second-order valence-electron chi connectivity index (χ2n) is 9.06. The van der Waals surface area contributed by atoms with Crippen LogP contribution in [0.2, 0.25) is 0 Å². The molecule has 0 N–H and O–H groups in total. The van der Waals surface area contributed by atoms with E-state index in [1.54, 1.807) is 7.11 Å². The predicted molar refractivity (Wildman–Crippen MR) is 128 cm³/mol. The number of carbonyl (C=O) groups is 2. The second kappa shape index (κ2) is 9.69. The Morgan fingerprint density at radius 1 is 0.909 bits per heavy atom. The minimum absolute atomic E-state index is 0.206. The minimum atomic E-state index is -0.261. The van der Waals surface area contributed by atoms with Crippen molar-refractivity contribution in [2.75, 3.05) is 33.4 Å². The van der Waals surface area contributed by atoms with Gasteiger partial charge in [-0.2, -0.15) is 0 Å². The summed E-state index contributed by atoms with van der Waals surface area (Å²) in [7, 11) is 1.61. The Morgan fingerprint density at radius 3 is 2.15 bits per heavy atom. The summed E-state index contributed by atoms with van der Waals surface area (Å²) in [6.45, 7) is 8.28. The molecule has 4 rings (SSSR count). The van der Waals surface area contributed by atoms with E-state index in [4.69, 9.17) is 9.47 Å². The Labute approximate surface area is 195 Å².